The van der Waals surface area contributed by atoms with Crippen LogP contribution in [-0.4, -0.2) is 35.7 Å². The van der Waals surface area contributed by atoms with Gasteiger partial charge in [-0.05, 0) is 69.1 Å². The summed E-state index contributed by atoms with van der Waals surface area (Å²) in [4.78, 5) is 6.81. The van der Waals surface area contributed by atoms with Crippen LogP contribution in [0.4, 0.5) is 0 Å². The van der Waals surface area contributed by atoms with E-state index < -0.39 is 0 Å². The monoisotopic (exact) mass is 340 g/mol. The van der Waals surface area contributed by atoms with E-state index >= 15 is 0 Å². The first-order valence-electron chi connectivity index (χ1n) is 9.26. The Balaban J connectivity index is 1.51. The van der Waals surface area contributed by atoms with E-state index in [1.807, 2.05) is 56.6 Å². The summed E-state index contributed by atoms with van der Waals surface area (Å²) in [5, 5.41) is 0. The molecule has 3 rings (SSSR count). The Morgan fingerprint density at radius 2 is 1.92 bits per heavy atom. The molecule has 1 aromatic carbocycles. The molecule has 0 aliphatic carbocycles. The number of piperidine rings is 1. The van der Waals surface area contributed by atoms with Crippen molar-refractivity contribution >= 4 is 0 Å². The highest BCUT2D eigenvalue weighted by molar-refractivity contribution is 5.31. The van der Waals surface area contributed by atoms with Crippen molar-refractivity contribution in [2.45, 2.75) is 45.3 Å². The van der Waals surface area contributed by atoms with Gasteiger partial charge in [-0.15, -0.1) is 0 Å². The molecule has 0 amide bonds. The molecule has 0 unspecified atom stereocenters. The molecule has 1 atom stereocenters. The highest BCUT2D eigenvalue weighted by Gasteiger charge is 2.23. The van der Waals surface area contributed by atoms with Gasteiger partial charge in [-0.3, -0.25) is 9.88 Å². The van der Waals surface area contributed by atoms with E-state index in [1.54, 1.807) is 0 Å². The average Bonchev–Trinajstić information content (AvgIpc) is 2.64. The maximum atomic E-state index is 5.94. The van der Waals surface area contributed by atoms with Gasteiger partial charge >= 0.3 is 0 Å². The Hall–Kier alpha value is -2.07. The molecular formula is C21H28N2O2. The van der Waals surface area contributed by atoms with Gasteiger partial charge in [-0.2, -0.15) is 0 Å². The number of rotatable bonds is 7. The van der Waals surface area contributed by atoms with Crippen LogP contribution in [0.5, 0.6) is 11.5 Å². The lowest BCUT2D eigenvalue weighted by Gasteiger charge is -2.35. The Morgan fingerprint density at radius 3 is 2.64 bits per heavy atom. The Bertz CT molecular complexity index is 628. The van der Waals surface area contributed by atoms with E-state index in [2.05, 4.69) is 16.0 Å². The summed E-state index contributed by atoms with van der Waals surface area (Å²) in [6.45, 7) is 6.82. The standard InChI is InChI=1S/C21H28N2O2/c1-17(2)25-20-10-8-19(9-11-20)24-15-14-23-13-4-3-7-21(23)18-6-5-12-22-16-18/h5-6,8-12,16-17,21H,3-4,7,13-15H2,1-2H3/t21-/m0/s1. The van der Waals surface area contributed by atoms with Gasteiger partial charge in [-0.1, -0.05) is 12.5 Å². The SMILES string of the molecule is CC(C)Oc1ccc(OCCN2CCCC[C@H]2c2cccnc2)cc1. The molecule has 1 aliphatic heterocycles. The Morgan fingerprint density at radius 1 is 1.12 bits per heavy atom. The van der Waals surface area contributed by atoms with Crippen molar-refractivity contribution < 1.29 is 9.47 Å². The molecule has 2 heterocycles. The van der Waals surface area contributed by atoms with Crippen molar-refractivity contribution in [3.63, 3.8) is 0 Å². The third-order valence-corrected chi connectivity index (χ3v) is 4.53. The highest BCUT2D eigenvalue weighted by atomic mass is 16.5. The van der Waals surface area contributed by atoms with Crippen LogP contribution in [0.15, 0.2) is 48.8 Å². The third-order valence-electron chi connectivity index (χ3n) is 4.53. The maximum absolute atomic E-state index is 5.94. The van der Waals surface area contributed by atoms with Crippen molar-refractivity contribution in [2.24, 2.45) is 0 Å². The Labute approximate surface area is 150 Å². The molecule has 1 saturated heterocycles. The summed E-state index contributed by atoms with van der Waals surface area (Å²) >= 11 is 0. The fraction of sp³-hybridized carbons (Fsp3) is 0.476. The van der Waals surface area contributed by atoms with E-state index in [0.717, 1.165) is 24.6 Å². The lowest BCUT2D eigenvalue weighted by atomic mass is 9.96. The van der Waals surface area contributed by atoms with Gasteiger partial charge in [0, 0.05) is 25.0 Å². The molecule has 1 aromatic heterocycles. The van der Waals surface area contributed by atoms with Crippen molar-refractivity contribution in [1.29, 1.82) is 0 Å². The van der Waals surface area contributed by atoms with E-state index in [4.69, 9.17) is 9.47 Å². The van der Waals surface area contributed by atoms with Crippen molar-refractivity contribution in [2.75, 3.05) is 19.7 Å². The first kappa shape index (κ1) is 17.7. The zero-order valence-electron chi connectivity index (χ0n) is 15.2. The first-order valence-corrected chi connectivity index (χ1v) is 9.26. The van der Waals surface area contributed by atoms with Crippen LogP contribution >= 0.6 is 0 Å². The van der Waals surface area contributed by atoms with Gasteiger partial charge in [-0.25, -0.2) is 0 Å². The lowest BCUT2D eigenvalue weighted by Crippen LogP contribution is -2.36. The van der Waals surface area contributed by atoms with Gasteiger partial charge in [0.2, 0.25) is 0 Å². The van der Waals surface area contributed by atoms with E-state index in [0.29, 0.717) is 12.6 Å². The second-order valence-electron chi connectivity index (χ2n) is 6.82. The first-order chi connectivity index (χ1) is 12.2. The second kappa shape index (κ2) is 8.86. The maximum Gasteiger partial charge on any atom is 0.119 e. The third kappa shape index (κ3) is 5.20. The zero-order valence-corrected chi connectivity index (χ0v) is 15.2. The molecule has 0 radical (unpaired) electrons. The van der Waals surface area contributed by atoms with Crippen molar-refractivity contribution in [3.05, 3.63) is 54.4 Å². The largest absolute Gasteiger partial charge is 0.492 e. The molecule has 134 valence electrons. The van der Waals surface area contributed by atoms with Gasteiger partial charge in [0.25, 0.3) is 0 Å². The number of likely N-dealkylation sites (tertiary alicyclic amines) is 1. The molecule has 4 heteroatoms. The second-order valence-corrected chi connectivity index (χ2v) is 6.82. The van der Waals surface area contributed by atoms with Crippen LogP contribution in [0.3, 0.4) is 0 Å². The molecule has 1 fully saturated rings. The molecular weight excluding hydrogens is 312 g/mol. The fourth-order valence-electron chi connectivity index (χ4n) is 3.38. The molecule has 0 N–H and O–H groups in total. The van der Waals surface area contributed by atoms with Crippen LogP contribution in [0.2, 0.25) is 0 Å². The summed E-state index contributed by atoms with van der Waals surface area (Å²) in [5.41, 5.74) is 1.32. The highest BCUT2D eigenvalue weighted by Crippen LogP contribution is 2.30. The topological polar surface area (TPSA) is 34.6 Å². The number of nitrogens with zero attached hydrogens (tertiary/aromatic N) is 2. The minimum absolute atomic E-state index is 0.190. The molecule has 1 aliphatic rings. The number of ether oxygens (including phenoxy) is 2. The van der Waals surface area contributed by atoms with Gasteiger partial charge in [0.05, 0.1) is 6.10 Å². The predicted molar refractivity (Wildman–Crippen MR) is 100 cm³/mol. The Kier molecular flexibility index (Phi) is 6.29. The molecule has 4 nitrogen and oxygen atoms in total. The van der Waals surface area contributed by atoms with E-state index in [-0.39, 0.29) is 6.10 Å². The van der Waals surface area contributed by atoms with Crippen molar-refractivity contribution in [1.82, 2.24) is 9.88 Å². The number of hydrogen-bond donors (Lipinski definition) is 0. The van der Waals surface area contributed by atoms with E-state index in [9.17, 15) is 0 Å². The summed E-state index contributed by atoms with van der Waals surface area (Å²) in [6, 6.07) is 12.6. The van der Waals surface area contributed by atoms with Crippen LogP contribution in [0, 0.1) is 0 Å². The molecule has 0 bridgehead atoms. The smallest absolute Gasteiger partial charge is 0.119 e. The van der Waals surface area contributed by atoms with Crippen LogP contribution in [0.25, 0.3) is 0 Å². The predicted octanol–water partition coefficient (Wildman–Crippen LogP) is 4.47. The number of benzene rings is 1. The number of pyridine rings is 1. The average molecular weight is 340 g/mol. The fourth-order valence-corrected chi connectivity index (χ4v) is 3.38. The molecule has 2 aromatic rings. The normalized spacial score (nSPS) is 18.3. The van der Waals surface area contributed by atoms with Crippen molar-refractivity contribution in [3.8, 4) is 11.5 Å². The molecule has 25 heavy (non-hydrogen) atoms. The summed E-state index contributed by atoms with van der Waals surface area (Å²) < 4.78 is 11.6. The van der Waals surface area contributed by atoms with Gasteiger partial charge < -0.3 is 9.47 Å². The minimum Gasteiger partial charge on any atom is -0.492 e. The summed E-state index contributed by atoms with van der Waals surface area (Å²) in [5.74, 6) is 1.78. The zero-order chi connectivity index (χ0) is 17.5. The summed E-state index contributed by atoms with van der Waals surface area (Å²) in [7, 11) is 0. The van der Waals surface area contributed by atoms with Gasteiger partial charge in [0.15, 0.2) is 0 Å². The molecule has 0 spiro atoms. The lowest BCUT2D eigenvalue weighted by molar-refractivity contribution is 0.123. The summed E-state index contributed by atoms with van der Waals surface area (Å²) in [6.07, 6.45) is 7.78. The number of hydrogen-bond acceptors (Lipinski definition) is 4. The van der Waals surface area contributed by atoms with Crippen LogP contribution in [-0.2, 0) is 0 Å². The van der Waals surface area contributed by atoms with Crippen LogP contribution in [0.1, 0.15) is 44.7 Å². The number of aromatic nitrogens is 1. The quantitative estimate of drug-likeness (QED) is 0.744. The minimum atomic E-state index is 0.190. The van der Waals surface area contributed by atoms with Gasteiger partial charge in [0.1, 0.15) is 18.1 Å². The molecule has 0 saturated carbocycles. The van der Waals surface area contributed by atoms with E-state index in [1.165, 1.54) is 24.8 Å². The van der Waals surface area contributed by atoms with Crippen LogP contribution < -0.4 is 9.47 Å².